The molecule has 7 heteroatoms. The molecule has 0 radical (unpaired) electrons. The summed E-state index contributed by atoms with van der Waals surface area (Å²) < 4.78 is 24.5. The summed E-state index contributed by atoms with van der Waals surface area (Å²) in [5, 5.41) is 9.36. The molecule has 1 N–H and O–H groups in total. The molecule has 1 aliphatic carbocycles. The first-order valence-electron chi connectivity index (χ1n) is 9.10. The van der Waals surface area contributed by atoms with Gasteiger partial charge in [-0.1, -0.05) is 30.3 Å². The van der Waals surface area contributed by atoms with Crippen LogP contribution >= 0.6 is 0 Å². The quantitative estimate of drug-likeness (QED) is 0.741. The van der Waals surface area contributed by atoms with Crippen LogP contribution in [0.3, 0.4) is 0 Å². The summed E-state index contributed by atoms with van der Waals surface area (Å²) in [6, 6.07) is 9.64. The number of likely N-dealkylation sites (tertiary alicyclic amines) is 1. The zero-order valence-electron chi connectivity index (χ0n) is 14.7. The number of hydrogen-bond acceptors (Lipinski definition) is 4. The van der Waals surface area contributed by atoms with Crippen LogP contribution in [0.25, 0.3) is 0 Å². The van der Waals surface area contributed by atoms with Gasteiger partial charge in [0.2, 0.25) is 5.91 Å². The minimum absolute atomic E-state index is 0.0303. The van der Waals surface area contributed by atoms with E-state index in [1.165, 1.54) is 4.90 Å². The summed E-state index contributed by atoms with van der Waals surface area (Å²) in [5.41, 5.74) is 1.07. The molecule has 1 heterocycles. The lowest BCUT2D eigenvalue weighted by Gasteiger charge is -2.16. The standard InChI is InChI=1S/C19H25NO5S/c21-18(20-11-16(15-8-9-15)17(12-20)19(22)23)13-26(24,25)10-4-7-14-5-2-1-3-6-14/h1-3,5-6,15-17H,4,7-13H2,(H,22,23)/t16-,17+/m1/s1. The Hall–Kier alpha value is -1.89. The third-order valence-corrected chi connectivity index (χ3v) is 6.97. The molecule has 3 rings (SSSR count). The number of carbonyl (C=O) groups excluding carboxylic acids is 1. The van der Waals surface area contributed by atoms with E-state index in [-0.39, 0.29) is 18.2 Å². The second-order valence-electron chi connectivity index (χ2n) is 7.43. The van der Waals surface area contributed by atoms with Crippen LogP contribution in [0.1, 0.15) is 24.8 Å². The zero-order valence-corrected chi connectivity index (χ0v) is 15.5. The first kappa shape index (κ1) is 18.9. The Morgan fingerprint density at radius 3 is 2.42 bits per heavy atom. The molecule has 0 unspecified atom stereocenters. The topological polar surface area (TPSA) is 91.8 Å². The van der Waals surface area contributed by atoms with E-state index in [2.05, 4.69) is 0 Å². The summed E-state index contributed by atoms with van der Waals surface area (Å²) in [7, 11) is -3.49. The zero-order chi connectivity index (χ0) is 18.7. The Morgan fingerprint density at radius 1 is 1.12 bits per heavy atom. The fraction of sp³-hybridized carbons (Fsp3) is 0.579. The van der Waals surface area contributed by atoms with Gasteiger partial charge in [0.15, 0.2) is 9.84 Å². The molecule has 1 aliphatic heterocycles. The smallest absolute Gasteiger partial charge is 0.308 e. The molecule has 142 valence electrons. The van der Waals surface area contributed by atoms with Gasteiger partial charge >= 0.3 is 5.97 Å². The van der Waals surface area contributed by atoms with Crippen LogP contribution in [0.5, 0.6) is 0 Å². The van der Waals surface area contributed by atoms with Crippen LogP contribution in [0, 0.1) is 17.8 Å². The lowest BCUT2D eigenvalue weighted by molar-refractivity contribution is -0.142. The van der Waals surface area contributed by atoms with Gasteiger partial charge in [-0.2, -0.15) is 0 Å². The normalized spacial score (nSPS) is 23.2. The van der Waals surface area contributed by atoms with Crippen molar-refractivity contribution >= 4 is 21.7 Å². The van der Waals surface area contributed by atoms with Crippen molar-refractivity contribution in [2.45, 2.75) is 25.7 Å². The Labute approximate surface area is 154 Å². The molecule has 2 atom stereocenters. The first-order chi connectivity index (χ1) is 12.4. The number of aliphatic carboxylic acids is 1. The SMILES string of the molecule is O=C(O)[C@H]1CN(C(=O)CS(=O)(=O)CCCc2ccccc2)C[C@@H]1C1CC1. The Morgan fingerprint density at radius 2 is 1.81 bits per heavy atom. The Balaban J connectivity index is 1.51. The van der Waals surface area contributed by atoms with Gasteiger partial charge in [0, 0.05) is 13.1 Å². The minimum atomic E-state index is -3.49. The molecule has 0 spiro atoms. The van der Waals surface area contributed by atoms with E-state index >= 15 is 0 Å². The molecule has 1 aromatic carbocycles. The molecule has 0 aromatic heterocycles. The maximum Gasteiger partial charge on any atom is 0.308 e. The average Bonchev–Trinajstić information content (AvgIpc) is 3.33. The van der Waals surface area contributed by atoms with Crippen molar-refractivity contribution in [3.63, 3.8) is 0 Å². The highest BCUT2D eigenvalue weighted by Crippen LogP contribution is 2.44. The van der Waals surface area contributed by atoms with E-state index in [0.29, 0.717) is 25.3 Å². The highest BCUT2D eigenvalue weighted by molar-refractivity contribution is 7.92. The van der Waals surface area contributed by atoms with Crippen LogP contribution in [0.15, 0.2) is 30.3 Å². The van der Waals surface area contributed by atoms with E-state index in [0.717, 1.165) is 18.4 Å². The number of carbonyl (C=O) groups is 2. The van der Waals surface area contributed by atoms with Gasteiger partial charge in [-0.05, 0) is 43.1 Å². The molecule has 1 saturated carbocycles. The number of rotatable bonds is 8. The molecule has 1 saturated heterocycles. The molecule has 0 bridgehead atoms. The summed E-state index contributed by atoms with van der Waals surface area (Å²) in [4.78, 5) is 25.3. The number of benzene rings is 1. The van der Waals surface area contributed by atoms with Crippen molar-refractivity contribution in [1.82, 2.24) is 4.90 Å². The number of aryl methyl sites for hydroxylation is 1. The molecular weight excluding hydrogens is 354 g/mol. The van der Waals surface area contributed by atoms with Crippen LogP contribution in [0.2, 0.25) is 0 Å². The molecule has 1 aromatic rings. The summed E-state index contributed by atoms with van der Waals surface area (Å²) in [5.74, 6) is -2.12. The maximum absolute atomic E-state index is 12.4. The third-order valence-electron chi connectivity index (χ3n) is 5.37. The van der Waals surface area contributed by atoms with Gasteiger partial charge in [-0.25, -0.2) is 8.42 Å². The molecule has 2 fully saturated rings. The van der Waals surface area contributed by atoms with E-state index in [1.807, 2.05) is 30.3 Å². The van der Waals surface area contributed by atoms with Crippen molar-refractivity contribution in [2.24, 2.45) is 17.8 Å². The fourth-order valence-corrected chi connectivity index (χ4v) is 5.08. The van der Waals surface area contributed by atoms with Gasteiger partial charge in [-0.3, -0.25) is 9.59 Å². The third kappa shape index (κ3) is 4.84. The lowest BCUT2D eigenvalue weighted by Crippen LogP contribution is -2.35. The van der Waals surface area contributed by atoms with Crippen molar-refractivity contribution in [3.8, 4) is 0 Å². The molecule has 1 amide bonds. The van der Waals surface area contributed by atoms with Gasteiger partial charge in [0.05, 0.1) is 11.7 Å². The number of carboxylic acids is 1. The fourth-order valence-electron chi connectivity index (χ4n) is 3.79. The monoisotopic (exact) mass is 379 g/mol. The number of sulfone groups is 1. The van der Waals surface area contributed by atoms with Crippen molar-refractivity contribution in [3.05, 3.63) is 35.9 Å². The van der Waals surface area contributed by atoms with Crippen molar-refractivity contribution in [1.29, 1.82) is 0 Å². The van der Waals surface area contributed by atoms with Gasteiger partial charge in [0.25, 0.3) is 0 Å². The van der Waals surface area contributed by atoms with Crippen LogP contribution in [0.4, 0.5) is 0 Å². The average molecular weight is 379 g/mol. The van der Waals surface area contributed by atoms with Crippen LogP contribution < -0.4 is 0 Å². The summed E-state index contributed by atoms with van der Waals surface area (Å²) >= 11 is 0. The molecule has 26 heavy (non-hydrogen) atoms. The van der Waals surface area contributed by atoms with E-state index < -0.39 is 33.4 Å². The summed E-state index contributed by atoms with van der Waals surface area (Å²) in [6.07, 6.45) is 3.15. The van der Waals surface area contributed by atoms with Gasteiger partial charge < -0.3 is 10.0 Å². The van der Waals surface area contributed by atoms with Crippen LogP contribution in [-0.2, 0) is 25.8 Å². The number of nitrogens with zero attached hydrogens (tertiary/aromatic N) is 1. The first-order valence-corrected chi connectivity index (χ1v) is 10.9. The molecule has 2 aliphatic rings. The van der Waals surface area contributed by atoms with Crippen molar-refractivity contribution < 1.29 is 23.1 Å². The van der Waals surface area contributed by atoms with Gasteiger partial charge in [0.1, 0.15) is 5.75 Å². The molecule has 6 nitrogen and oxygen atoms in total. The van der Waals surface area contributed by atoms with Gasteiger partial charge in [-0.15, -0.1) is 0 Å². The van der Waals surface area contributed by atoms with Crippen LogP contribution in [-0.4, -0.2) is 54.9 Å². The Kier molecular flexibility index (Phi) is 5.65. The van der Waals surface area contributed by atoms with E-state index in [9.17, 15) is 23.1 Å². The van der Waals surface area contributed by atoms with Crippen molar-refractivity contribution in [2.75, 3.05) is 24.6 Å². The predicted molar refractivity (Wildman–Crippen MR) is 97.3 cm³/mol. The predicted octanol–water partition coefficient (Wildman–Crippen LogP) is 1.60. The van der Waals surface area contributed by atoms with E-state index in [1.54, 1.807) is 0 Å². The minimum Gasteiger partial charge on any atom is -0.481 e. The second kappa shape index (κ2) is 7.78. The lowest BCUT2D eigenvalue weighted by atomic mass is 9.92. The highest BCUT2D eigenvalue weighted by atomic mass is 32.2. The van der Waals surface area contributed by atoms with E-state index in [4.69, 9.17) is 0 Å². The number of carboxylic acid groups (broad SMARTS) is 1. The summed E-state index contributed by atoms with van der Waals surface area (Å²) in [6.45, 7) is 0.509. The highest BCUT2D eigenvalue weighted by Gasteiger charge is 2.47. The largest absolute Gasteiger partial charge is 0.481 e. The number of amides is 1. The Bertz CT molecular complexity index is 757. The maximum atomic E-state index is 12.4. The molecular formula is C19H25NO5S. The second-order valence-corrected chi connectivity index (χ2v) is 9.61. The number of hydrogen-bond donors (Lipinski definition) is 1.